The number of rotatable bonds is 6. The van der Waals surface area contributed by atoms with Crippen molar-refractivity contribution in [1.82, 2.24) is 0 Å². The summed E-state index contributed by atoms with van der Waals surface area (Å²) in [5.74, 6) is 0. The van der Waals surface area contributed by atoms with Crippen molar-refractivity contribution in [3.63, 3.8) is 0 Å². The van der Waals surface area contributed by atoms with Crippen LogP contribution in [-0.4, -0.2) is 3.21 Å². The molecule has 0 atom stereocenters. The molecule has 2 aliphatic carbocycles. The summed E-state index contributed by atoms with van der Waals surface area (Å²) in [6, 6.07) is 30.2. The number of benzene rings is 4. The maximum absolute atomic E-state index is 2.59. The van der Waals surface area contributed by atoms with Crippen molar-refractivity contribution in [2.45, 2.75) is 89.1 Å². The van der Waals surface area contributed by atoms with Crippen molar-refractivity contribution in [3.05, 3.63) is 148 Å². The van der Waals surface area contributed by atoms with E-state index in [4.69, 9.17) is 0 Å². The van der Waals surface area contributed by atoms with Gasteiger partial charge in [0.25, 0.3) is 0 Å². The number of fused-ring (bicyclic) bond motifs is 3. The van der Waals surface area contributed by atoms with Gasteiger partial charge in [0.15, 0.2) is 0 Å². The van der Waals surface area contributed by atoms with Gasteiger partial charge in [0.1, 0.15) is 0 Å². The van der Waals surface area contributed by atoms with E-state index in [1.807, 2.05) is 0 Å². The van der Waals surface area contributed by atoms with Gasteiger partial charge >= 0.3 is 276 Å². The summed E-state index contributed by atoms with van der Waals surface area (Å²) >= 11 is -2.57. The molecule has 4 aromatic carbocycles. The molecule has 6 rings (SSSR count). The van der Waals surface area contributed by atoms with Crippen molar-refractivity contribution in [2.75, 3.05) is 0 Å². The van der Waals surface area contributed by atoms with Crippen LogP contribution in [-0.2, 0) is 51.4 Å². The van der Waals surface area contributed by atoms with E-state index in [0.29, 0.717) is 3.63 Å². The summed E-state index contributed by atoms with van der Waals surface area (Å²) in [4.78, 5) is 0. The van der Waals surface area contributed by atoms with E-state index in [2.05, 4.69) is 159 Å². The van der Waals surface area contributed by atoms with Gasteiger partial charge in [0.05, 0.1) is 0 Å². The Hall–Kier alpha value is -2.31. The third-order valence-corrected chi connectivity index (χ3v) is 18.0. The maximum Gasteiger partial charge on any atom is -1.00 e. The molecular weight excluding hydrogens is 679 g/mol. The summed E-state index contributed by atoms with van der Waals surface area (Å²) < 4.78 is 4.10. The first-order chi connectivity index (χ1) is 20.9. The Labute approximate surface area is 298 Å². The van der Waals surface area contributed by atoms with Crippen LogP contribution < -0.4 is 28.1 Å². The summed E-state index contributed by atoms with van der Waals surface area (Å²) in [6.45, 7) is 19.1. The van der Waals surface area contributed by atoms with Gasteiger partial charge in [-0.2, -0.15) is 0 Å². The van der Waals surface area contributed by atoms with E-state index in [0.717, 1.165) is 19.3 Å². The number of hydrogen-bond donors (Lipinski definition) is 0. The number of allylic oxidation sites excluding steroid dienone is 4. The van der Waals surface area contributed by atoms with Crippen molar-refractivity contribution >= 4 is 6.48 Å². The van der Waals surface area contributed by atoms with Gasteiger partial charge < -0.3 is 24.8 Å². The third kappa shape index (κ3) is 7.38. The van der Waals surface area contributed by atoms with Gasteiger partial charge in [0, 0.05) is 0 Å². The van der Waals surface area contributed by atoms with E-state index >= 15 is 0 Å². The van der Waals surface area contributed by atoms with Gasteiger partial charge in [-0.25, -0.2) is 0 Å². The van der Waals surface area contributed by atoms with E-state index < -0.39 is 21.3 Å². The fourth-order valence-electron chi connectivity index (χ4n) is 7.71. The molecule has 3 heteroatoms. The molecule has 4 aromatic rings. The molecule has 0 amide bonds. The molecule has 0 saturated heterocycles. The first kappa shape index (κ1) is 36.5. The predicted molar refractivity (Wildman–Crippen MR) is 189 cm³/mol. The third-order valence-electron chi connectivity index (χ3n) is 9.67. The van der Waals surface area contributed by atoms with E-state index in [1.54, 1.807) is 17.6 Å². The van der Waals surface area contributed by atoms with Crippen LogP contribution in [0.3, 0.4) is 0 Å². The topological polar surface area (TPSA) is 0 Å². The van der Waals surface area contributed by atoms with Gasteiger partial charge in [-0.15, -0.1) is 0 Å². The SMILES string of the molecule is Cc1cc2c(cc1C(C)(C)C)-c1cc(C(C)(C)C)c(C)[c]([Zr+2](=[C](Cc3ccccc3)Cc3ccccc3)[CH]3C=CC=C3)c1C2.[Cl-].[Cl-]. The zero-order valence-corrected chi connectivity index (χ0v) is 32.7. The first-order valence-electron chi connectivity index (χ1n) is 16.4. The average molecular weight is 727 g/mol. The van der Waals surface area contributed by atoms with Crippen LogP contribution in [0.15, 0.2) is 103 Å². The minimum Gasteiger partial charge on any atom is -1.00 e. The van der Waals surface area contributed by atoms with Crippen LogP contribution in [0, 0.1) is 13.8 Å². The molecule has 0 radical (unpaired) electrons. The zero-order chi connectivity index (χ0) is 31.2. The Bertz CT molecular complexity index is 1740. The number of aryl methyl sites for hydroxylation is 1. The molecule has 46 heavy (non-hydrogen) atoms. The molecule has 0 fully saturated rings. The minimum absolute atomic E-state index is 0. The summed E-state index contributed by atoms with van der Waals surface area (Å²) in [7, 11) is 0. The van der Waals surface area contributed by atoms with Crippen LogP contribution in [0.25, 0.3) is 11.1 Å². The fourth-order valence-corrected chi connectivity index (χ4v) is 16.7. The fraction of sp³-hybridized carbons (Fsp3) is 0.326. The standard InChI is InChI=1S/C23H29.C15H14.C5H5.2ClH.Zr/c1-14-9-16-11-17-10-15(2)21(23(6,7)8)13-19(17)18(16)12-20(14)22(3,4)5;1-3-8-14(9-4-1)12-7-13-15-10-5-2-6-11-15;1-2-4-5-3-1;;;/h9,12-13H,11H2,1-8H3;1-6,8-11H,12-13H2;1-5H;2*1H;/q;;;;;+2/p-2. The monoisotopic (exact) mass is 724 g/mol. The number of hydrogen-bond acceptors (Lipinski definition) is 0. The van der Waals surface area contributed by atoms with Crippen molar-refractivity contribution in [1.29, 1.82) is 0 Å². The molecule has 238 valence electrons. The maximum atomic E-state index is 2.59. The molecule has 0 nitrogen and oxygen atoms in total. The number of halogens is 2. The Balaban J connectivity index is 0.00000240. The average Bonchev–Trinajstić information content (AvgIpc) is 3.61. The normalized spacial score (nSPS) is 13.4. The van der Waals surface area contributed by atoms with Gasteiger partial charge in [-0.1, -0.05) is 0 Å². The second-order valence-corrected chi connectivity index (χ2v) is 21.7. The Kier molecular flexibility index (Phi) is 11.5. The smallest absolute Gasteiger partial charge is 1.00 e. The van der Waals surface area contributed by atoms with E-state index in [9.17, 15) is 0 Å². The Morgan fingerprint density at radius 2 is 1.17 bits per heavy atom. The quantitative estimate of drug-likeness (QED) is 0.245. The van der Waals surface area contributed by atoms with Crippen molar-refractivity contribution in [3.8, 4) is 11.1 Å². The predicted octanol–water partition coefficient (Wildman–Crippen LogP) is 4.29. The molecule has 0 unspecified atom stereocenters. The largest absolute Gasteiger partial charge is 1.00 e. The van der Waals surface area contributed by atoms with Crippen LogP contribution in [0.1, 0.15) is 86.1 Å². The molecular formula is C43H48Cl2Zr. The van der Waals surface area contributed by atoms with Crippen LogP contribution in [0.5, 0.6) is 0 Å². The van der Waals surface area contributed by atoms with Crippen LogP contribution in [0.2, 0.25) is 3.63 Å². The second kappa shape index (κ2) is 14.4. The molecule has 2 aliphatic rings. The summed E-state index contributed by atoms with van der Waals surface area (Å²) in [5, 5.41) is 0. The summed E-state index contributed by atoms with van der Waals surface area (Å²) in [6.07, 6.45) is 12.9. The van der Waals surface area contributed by atoms with Gasteiger partial charge in [-0.3, -0.25) is 0 Å². The zero-order valence-electron chi connectivity index (χ0n) is 28.8. The molecule has 0 aliphatic heterocycles. The summed E-state index contributed by atoms with van der Waals surface area (Å²) in [5.41, 5.74) is 15.2. The van der Waals surface area contributed by atoms with Gasteiger partial charge in [-0.05, 0) is 0 Å². The Morgan fingerprint density at radius 1 is 0.674 bits per heavy atom. The van der Waals surface area contributed by atoms with Crippen LogP contribution >= 0.6 is 0 Å². The van der Waals surface area contributed by atoms with Crippen molar-refractivity contribution < 1.29 is 46.1 Å². The minimum atomic E-state index is -2.57. The Morgan fingerprint density at radius 3 is 1.67 bits per heavy atom. The first-order valence-corrected chi connectivity index (χ1v) is 20.3. The van der Waals surface area contributed by atoms with Crippen LogP contribution in [0.4, 0.5) is 0 Å². The molecule has 0 bridgehead atoms. The van der Waals surface area contributed by atoms with Crippen molar-refractivity contribution in [2.24, 2.45) is 0 Å². The molecule has 0 N–H and O–H groups in total. The van der Waals surface area contributed by atoms with E-state index in [-0.39, 0.29) is 35.6 Å². The van der Waals surface area contributed by atoms with Gasteiger partial charge in [0.2, 0.25) is 0 Å². The molecule has 0 spiro atoms. The second-order valence-electron chi connectivity index (χ2n) is 15.1. The molecule has 0 aromatic heterocycles. The van der Waals surface area contributed by atoms with E-state index in [1.165, 1.54) is 44.5 Å². The molecule has 0 heterocycles. The molecule has 0 saturated carbocycles.